The van der Waals surface area contributed by atoms with Gasteiger partial charge >= 0.3 is 0 Å². The van der Waals surface area contributed by atoms with E-state index in [1.165, 1.54) is 0 Å². The molecule has 0 aliphatic carbocycles. The van der Waals surface area contributed by atoms with Crippen LogP contribution < -0.4 is 0 Å². The highest BCUT2D eigenvalue weighted by atomic mass is 79.9. The molecule has 1 aromatic heterocycles. The molecule has 0 N–H and O–H groups in total. The Morgan fingerprint density at radius 2 is 1.93 bits per heavy atom. The Balaban J connectivity index is 2.60. The number of rotatable bonds is 1. The molecule has 0 saturated heterocycles. The lowest BCUT2D eigenvalue weighted by Gasteiger charge is -1.99. The molecule has 0 aliphatic heterocycles. The van der Waals surface area contributed by atoms with Crippen LogP contribution in [-0.2, 0) is 0 Å². The molecule has 0 bridgehead atoms. The van der Waals surface area contributed by atoms with Crippen molar-refractivity contribution in [2.24, 2.45) is 0 Å². The van der Waals surface area contributed by atoms with Gasteiger partial charge in [0.2, 0.25) is 12.2 Å². The van der Waals surface area contributed by atoms with Gasteiger partial charge in [0.15, 0.2) is 11.6 Å². The molecule has 0 saturated carbocycles. The van der Waals surface area contributed by atoms with Crippen molar-refractivity contribution in [1.29, 1.82) is 0 Å². The highest BCUT2D eigenvalue weighted by molar-refractivity contribution is 9.10. The first-order chi connectivity index (χ1) is 6.68. The first-order valence-corrected chi connectivity index (χ1v) is 4.39. The minimum atomic E-state index is -0.951. The van der Waals surface area contributed by atoms with E-state index in [1.807, 2.05) is 0 Å². The van der Waals surface area contributed by atoms with Gasteiger partial charge in [-0.25, -0.2) is 8.78 Å². The molecular weight excluding hydrogens is 258 g/mol. The molecule has 72 valence electrons. The molecule has 1 heterocycles. The van der Waals surface area contributed by atoms with Crippen molar-refractivity contribution >= 4 is 15.9 Å². The molecular formula is C8H3BrF2N2O. The maximum Gasteiger partial charge on any atom is 0.214 e. The molecule has 0 spiro atoms. The SMILES string of the molecule is Fc1cc(Br)c(-c2ncon2)cc1F. The van der Waals surface area contributed by atoms with Crippen LogP contribution in [0, 0.1) is 11.6 Å². The summed E-state index contributed by atoms with van der Waals surface area (Å²) in [4.78, 5) is 3.72. The Kier molecular flexibility index (Phi) is 2.28. The van der Waals surface area contributed by atoms with Gasteiger partial charge in [-0.15, -0.1) is 0 Å². The van der Waals surface area contributed by atoms with Crippen LogP contribution >= 0.6 is 15.9 Å². The number of halogens is 3. The summed E-state index contributed by atoms with van der Waals surface area (Å²) in [5, 5.41) is 3.51. The Hall–Kier alpha value is -1.30. The third-order valence-electron chi connectivity index (χ3n) is 1.61. The fourth-order valence-corrected chi connectivity index (χ4v) is 1.48. The van der Waals surface area contributed by atoms with E-state index in [9.17, 15) is 8.78 Å². The van der Waals surface area contributed by atoms with Gasteiger partial charge in [0.25, 0.3) is 0 Å². The van der Waals surface area contributed by atoms with Crippen LogP contribution in [0.15, 0.2) is 27.5 Å². The average molecular weight is 261 g/mol. The number of benzene rings is 1. The maximum absolute atomic E-state index is 12.9. The second-order valence-corrected chi connectivity index (χ2v) is 3.36. The van der Waals surface area contributed by atoms with Crippen molar-refractivity contribution in [3.05, 3.63) is 34.6 Å². The zero-order valence-corrected chi connectivity index (χ0v) is 8.25. The summed E-state index contributed by atoms with van der Waals surface area (Å²) >= 11 is 3.07. The van der Waals surface area contributed by atoms with E-state index in [-0.39, 0.29) is 5.82 Å². The summed E-state index contributed by atoms with van der Waals surface area (Å²) in [5.41, 5.74) is 0.345. The molecule has 6 heteroatoms. The average Bonchev–Trinajstić information content (AvgIpc) is 2.64. The van der Waals surface area contributed by atoms with Gasteiger partial charge in [0.05, 0.1) is 0 Å². The molecule has 0 atom stereocenters. The Morgan fingerprint density at radius 1 is 1.21 bits per heavy atom. The van der Waals surface area contributed by atoms with Crippen LogP contribution in [0.4, 0.5) is 8.78 Å². The summed E-state index contributed by atoms with van der Waals surface area (Å²) in [6.45, 7) is 0. The molecule has 0 amide bonds. The van der Waals surface area contributed by atoms with Crippen LogP contribution in [0.5, 0.6) is 0 Å². The molecule has 3 nitrogen and oxygen atoms in total. The second kappa shape index (κ2) is 3.45. The quantitative estimate of drug-likeness (QED) is 0.741. The van der Waals surface area contributed by atoms with Gasteiger partial charge in [-0.05, 0) is 28.1 Å². The minimum absolute atomic E-state index is 0.204. The largest absolute Gasteiger partial charge is 0.342 e. The van der Waals surface area contributed by atoms with Crippen LogP contribution in [0.1, 0.15) is 0 Å². The van der Waals surface area contributed by atoms with E-state index in [0.29, 0.717) is 10.0 Å². The summed E-state index contributed by atoms with van der Waals surface area (Å²) in [5.74, 6) is -1.67. The Morgan fingerprint density at radius 3 is 2.57 bits per heavy atom. The van der Waals surface area contributed by atoms with Crippen LogP contribution in [0.2, 0.25) is 0 Å². The lowest BCUT2D eigenvalue weighted by atomic mass is 10.2. The zero-order chi connectivity index (χ0) is 10.1. The topological polar surface area (TPSA) is 38.9 Å². The standard InChI is InChI=1S/C8H3BrF2N2O/c9-5-2-7(11)6(10)1-4(5)8-12-3-14-13-8/h1-3H. The minimum Gasteiger partial charge on any atom is -0.342 e. The van der Waals surface area contributed by atoms with Crippen LogP contribution in [-0.4, -0.2) is 10.1 Å². The van der Waals surface area contributed by atoms with E-state index >= 15 is 0 Å². The predicted octanol–water partition coefficient (Wildman–Crippen LogP) is 2.78. The molecule has 0 radical (unpaired) electrons. The maximum atomic E-state index is 12.9. The van der Waals surface area contributed by atoms with Crippen molar-refractivity contribution < 1.29 is 13.3 Å². The fraction of sp³-hybridized carbons (Fsp3) is 0. The van der Waals surface area contributed by atoms with E-state index in [4.69, 9.17) is 0 Å². The molecule has 0 aliphatic rings. The number of aromatic nitrogens is 2. The molecule has 0 unspecified atom stereocenters. The number of nitrogens with zero attached hydrogens (tertiary/aromatic N) is 2. The Bertz CT molecular complexity index is 459. The van der Waals surface area contributed by atoms with Crippen molar-refractivity contribution in [1.82, 2.24) is 10.1 Å². The molecule has 2 rings (SSSR count). The zero-order valence-electron chi connectivity index (χ0n) is 6.67. The molecule has 14 heavy (non-hydrogen) atoms. The molecule has 0 fully saturated rings. The normalized spacial score (nSPS) is 10.5. The highest BCUT2D eigenvalue weighted by Crippen LogP contribution is 2.27. The lowest BCUT2D eigenvalue weighted by Crippen LogP contribution is -1.89. The van der Waals surface area contributed by atoms with Gasteiger partial charge in [0.1, 0.15) is 0 Å². The van der Waals surface area contributed by atoms with Crippen LogP contribution in [0.3, 0.4) is 0 Å². The summed E-state index contributed by atoms with van der Waals surface area (Å²) < 4.78 is 30.5. The van der Waals surface area contributed by atoms with Crippen molar-refractivity contribution in [2.75, 3.05) is 0 Å². The Labute approximate surface area is 85.9 Å². The number of hydrogen-bond donors (Lipinski definition) is 0. The summed E-state index contributed by atoms with van der Waals surface area (Å²) in [7, 11) is 0. The second-order valence-electron chi connectivity index (χ2n) is 2.50. The van der Waals surface area contributed by atoms with E-state index in [0.717, 1.165) is 18.5 Å². The van der Waals surface area contributed by atoms with Gasteiger partial charge in [0, 0.05) is 10.0 Å². The van der Waals surface area contributed by atoms with Crippen molar-refractivity contribution in [3.8, 4) is 11.4 Å². The van der Waals surface area contributed by atoms with Crippen molar-refractivity contribution in [2.45, 2.75) is 0 Å². The van der Waals surface area contributed by atoms with Gasteiger partial charge in [-0.3, -0.25) is 0 Å². The van der Waals surface area contributed by atoms with Gasteiger partial charge < -0.3 is 4.52 Å². The predicted molar refractivity (Wildman–Crippen MR) is 47.4 cm³/mol. The smallest absolute Gasteiger partial charge is 0.214 e. The third kappa shape index (κ3) is 1.52. The number of hydrogen-bond acceptors (Lipinski definition) is 3. The fourth-order valence-electron chi connectivity index (χ4n) is 0.983. The molecule has 2 aromatic rings. The first-order valence-electron chi connectivity index (χ1n) is 3.60. The summed E-state index contributed by atoms with van der Waals surface area (Å²) in [6.07, 6.45) is 1.11. The van der Waals surface area contributed by atoms with E-state index in [2.05, 4.69) is 30.6 Å². The van der Waals surface area contributed by atoms with E-state index in [1.54, 1.807) is 0 Å². The van der Waals surface area contributed by atoms with Crippen LogP contribution in [0.25, 0.3) is 11.4 Å². The van der Waals surface area contributed by atoms with Gasteiger partial charge in [-0.2, -0.15) is 4.98 Å². The first kappa shape index (κ1) is 9.26. The van der Waals surface area contributed by atoms with E-state index < -0.39 is 11.6 Å². The lowest BCUT2D eigenvalue weighted by molar-refractivity contribution is 0.418. The van der Waals surface area contributed by atoms with Gasteiger partial charge in [-0.1, -0.05) is 5.16 Å². The highest BCUT2D eigenvalue weighted by Gasteiger charge is 2.12. The summed E-state index contributed by atoms with van der Waals surface area (Å²) in [6, 6.07) is 2.02. The van der Waals surface area contributed by atoms with Crippen molar-refractivity contribution in [3.63, 3.8) is 0 Å². The molecule has 1 aromatic carbocycles. The third-order valence-corrected chi connectivity index (χ3v) is 2.27. The monoisotopic (exact) mass is 260 g/mol.